The van der Waals surface area contributed by atoms with Gasteiger partial charge in [-0.1, -0.05) is 19.1 Å². The Kier molecular flexibility index (Phi) is 5.79. The Labute approximate surface area is 180 Å². The number of anilines is 2. The van der Waals surface area contributed by atoms with Gasteiger partial charge in [0.25, 0.3) is 5.91 Å². The Balaban J connectivity index is 1.45. The molecule has 0 unspecified atom stereocenters. The van der Waals surface area contributed by atoms with Crippen LogP contribution in [0.5, 0.6) is 11.5 Å². The van der Waals surface area contributed by atoms with Gasteiger partial charge < -0.3 is 25.0 Å². The molecule has 2 aromatic carbocycles. The zero-order chi connectivity index (χ0) is 22.0. The number of carbonyl (C=O) groups is 3. The third kappa shape index (κ3) is 4.33. The fraction of sp³-hybridized carbons (Fsp3) is 0.348. The molecule has 4 rings (SSSR count). The van der Waals surface area contributed by atoms with Crippen molar-refractivity contribution in [3.63, 3.8) is 0 Å². The molecule has 2 atom stereocenters. The van der Waals surface area contributed by atoms with Crippen LogP contribution < -0.4 is 25.0 Å². The summed E-state index contributed by atoms with van der Waals surface area (Å²) in [5.41, 5.74) is 1.49. The monoisotopic (exact) mass is 423 g/mol. The molecule has 8 nitrogen and oxygen atoms in total. The summed E-state index contributed by atoms with van der Waals surface area (Å²) in [7, 11) is 0. The lowest BCUT2D eigenvalue weighted by Gasteiger charge is -2.18. The number of fused-ring (bicyclic) bond motifs is 1. The van der Waals surface area contributed by atoms with Gasteiger partial charge in [-0.3, -0.25) is 14.4 Å². The van der Waals surface area contributed by atoms with Gasteiger partial charge in [-0.25, -0.2) is 0 Å². The van der Waals surface area contributed by atoms with E-state index in [1.165, 1.54) is 0 Å². The van der Waals surface area contributed by atoms with Crippen LogP contribution in [0.15, 0.2) is 42.5 Å². The third-order valence-corrected chi connectivity index (χ3v) is 5.58. The van der Waals surface area contributed by atoms with Crippen molar-refractivity contribution in [2.24, 2.45) is 5.92 Å². The van der Waals surface area contributed by atoms with Gasteiger partial charge in [-0.15, -0.1) is 0 Å². The molecular weight excluding hydrogens is 398 g/mol. The molecule has 162 valence electrons. The van der Waals surface area contributed by atoms with Crippen LogP contribution in [-0.4, -0.2) is 37.1 Å². The van der Waals surface area contributed by atoms with E-state index >= 15 is 0 Å². The molecule has 1 fully saturated rings. The molecule has 0 aliphatic carbocycles. The molecule has 0 radical (unpaired) electrons. The maximum Gasteiger partial charge on any atom is 0.253 e. The Morgan fingerprint density at radius 3 is 2.74 bits per heavy atom. The van der Waals surface area contributed by atoms with Gasteiger partial charge in [0.2, 0.25) is 18.6 Å². The van der Waals surface area contributed by atoms with E-state index in [-0.39, 0.29) is 43.5 Å². The molecule has 0 bridgehead atoms. The normalized spacial score (nSPS) is 18.1. The Bertz CT molecular complexity index is 1020. The van der Waals surface area contributed by atoms with Gasteiger partial charge in [0.15, 0.2) is 11.5 Å². The van der Waals surface area contributed by atoms with E-state index in [0.29, 0.717) is 28.4 Å². The summed E-state index contributed by atoms with van der Waals surface area (Å²) < 4.78 is 10.7. The Morgan fingerprint density at radius 1 is 1.16 bits per heavy atom. The molecule has 2 aromatic rings. The molecular formula is C23H25N3O5. The largest absolute Gasteiger partial charge is 0.454 e. The lowest BCUT2D eigenvalue weighted by molar-refractivity contribution is -0.122. The van der Waals surface area contributed by atoms with E-state index in [4.69, 9.17) is 9.47 Å². The van der Waals surface area contributed by atoms with E-state index in [9.17, 15) is 14.4 Å². The SMILES string of the molecule is CC[C@H](C)NC(=O)c1ccccc1NC(=O)[C@@H]1CC(=O)N(c2ccc3c(c2)OCO3)C1. The zero-order valence-electron chi connectivity index (χ0n) is 17.5. The van der Waals surface area contributed by atoms with Gasteiger partial charge in [0, 0.05) is 30.8 Å². The van der Waals surface area contributed by atoms with Gasteiger partial charge in [-0.05, 0) is 37.6 Å². The van der Waals surface area contributed by atoms with E-state index in [2.05, 4.69) is 10.6 Å². The third-order valence-electron chi connectivity index (χ3n) is 5.58. The van der Waals surface area contributed by atoms with Crippen LogP contribution in [0.2, 0.25) is 0 Å². The number of nitrogens with one attached hydrogen (secondary N) is 2. The number of amides is 3. The lowest BCUT2D eigenvalue weighted by Crippen LogP contribution is -2.33. The van der Waals surface area contributed by atoms with E-state index in [1.807, 2.05) is 13.8 Å². The van der Waals surface area contributed by atoms with Crippen LogP contribution in [0.25, 0.3) is 0 Å². The minimum atomic E-state index is -0.524. The number of rotatable bonds is 6. The highest BCUT2D eigenvalue weighted by Gasteiger charge is 2.36. The first kappa shape index (κ1) is 20.7. The molecule has 0 aromatic heterocycles. The molecule has 8 heteroatoms. The average molecular weight is 423 g/mol. The zero-order valence-corrected chi connectivity index (χ0v) is 17.5. The topological polar surface area (TPSA) is 97.0 Å². The number of para-hydroxylation sites is 1. The minimum Gasteiger partial charge on any atom is -0.454 e. The molecule has 2 aliphatic heterocycles. The molecule has 31 heavy (non-hydrogen) atoms. The number of hydrogen-bond acceptors (Lipinski definition) is 5. The summed E-state index contributed by atoms with van der Waals surface area (Å²) in [6.45, 7) is 4.32. The molecule has 2 N–H and O–H groups in total. The van der Waals surface area contributed by atoms with Crippen molar-refractivity contribution in [3.8, 4) is 11.5 Å². The predicted octanol–water partition coefficient (Wildman–Crippen LogP) is 2.94. The van der Waals surface area contributed by atoms with Crippen LogP contribution >= 0.6 is 0 Å². The second-order valence-corrected chi connectivity index (χ2v) is 7.76. The van der Waals surface area contributed by atoms with Crippen molar-refractivity contribution < 1.29 is 23.9 Å². The first-order valence-corrected chi connectivity index (χ1v) is 10.4. The van der Waals surface area contributed by atoms with E-state index in [0.717, 1.165) is 6.42 Å². The first-order valence-electron chi connectivity index (χ1n) is 10.4. The first-order chi connectivity index (χ1) is 15.0. The summed E-state index contributed by atoms with van der Waals surface area (Å²) in [6, 6.07) is 12.2. The Hall–Kier alpha value is -3.55. The fourth-order valence-electron chi connectivity index (χ4n) is 3.61. The maximum absolute atomic E-state index is 12.9. The van der Waals surface area contributed by atoms with Crippen LogP contribution in [-0.2, 0) is 9.59 Å². The fourth-order valence-corrected chi connectivity index (χ4v) is 3.61. The minimum absolute atomic E-state index is 0.0268. The highest BCUT2D eigenvalue weighted by molar-refractivity contribution is 6.07. The summed E-state index contributed by atoms with van der Waals surface area (Å²) in [5, 5.41) is 5.75. The van der Waals surface area contributed by atoms with Gasteiger partial charge in [0.05, 0.1) is 17.2 Å². The van der Waals surface area contributed by atoms with Crippen LogP contribution in [0.3, 0.4) is 0 Å². The van der Waals surface area contributed by atoms with Crippen molar-refractivity contribution in [1.29, 1.82) is 0 Å². The highest BCUT2D eigenvalue weighted by atomic mass is 16.7. The molecule has 2 heterocycles. The number of hydrogen-bond donors (Lipinski definition) is 2. The van der Waals surface area contributed by atoms with Gasteiger partial charge >= 0.3 is 0 Å². The number of carbonyl (C=O) groups excluding carboxylic acids is 3. The summed E-state index contributed by atoms with van der Waals surface area (Å²) in [5.74, 6) is 0.0250. The number of ether oxygens (including phenoxy) is 2. The number of benzene rings is 2. The van der Waals surface area contributed by atoms with E-state index < -0.39 is 5.92 Å². The molecule has 0 saturated carbocycles. The predicted molar refractivity (Wildman–Crippen MR) is 115 cm³/mol. The van der Waals surface area contributed by atoms with Crippen LogP contribution in [0, 0.1) is 5.92 Å². The van der Waals surface area contributed by atoms with Gasteiger partial charge in [0.1, 0.15) is 0 Å². The smallest absolute Gasteiger partial charge is 0.253 e. The van der Waals surface area contributed by atoms with Crippen molar-refractivity contribution in [3.05, 3.63) is 48.0 Å². The molecule has 1 saturated heterocycles. The van der Waals surface area contributed by atoms with E-state index in [1.54, 1.807) is 47.4 Å². The summed E-state index contributed by atoms with van der Waals surface area (Å²) in [6.07, 6.45) is 0.904. The Morgan fingerprint density at radius 2 is 1.94 bits per heavy atom. The summed E-state index contributed by atoms with van der Waals surface area (Å²) in [4.78, 5) is 39.6. The van der Waals surface area contributed by atoms with Crippen molar-refractivity contribution >= 4 is 29.1 Å². The quantitative estimate of drug-likeness (QED) is 0.745. The van der Waals surface area contributed by atoms with Crippen molar-refractivity contribution in [2.75, 3.05) is 23.6 Å². The lowest BCUT2D eigenvalue weighted by atomic mass is 10.1. The average Bonchev–Trinajstić information content (AvgIpc) is 3.39. The maximum atomic E-state index is 12.9. The second kappa shape index (κ2) is 8.67. The number of nitrogens with zero attached hydrogens (tertiary/aromatic N) is 1. The van der Waals surface area contributed by atoms with Crippen molar-refractivity contribution in [2.45, 2.75) is 32.7 Å². The summed E-state index contributed by atoms with van der Waals surface area (Å²) >= 11 is 0. The highest BCUT2D eigenvalue weighted by Crippen LogP contribution is 2.37. The molecule has 2 aliphatic rings. The van der Waals surface area contributed by atoms with Crippen LogP contribution in [0.4, 0.5) is 11.4 Å². The standard InChI is InChI=1S/C23H25N3O5/c1-3-14(2)24-23(29)17-6-4-5-7-18(17)25-22(28)15-10-21(27)26(12-15)16-8-9-19-20(11-16)31-13-30-19/h4-9,11,14-15H,3,10,12-13H2,1-2H3,(H,24,29)(H,25,28)/t14-,15+/m0/s1. The van der Waals surface area contributed by atoms with Crippen LogP contribution in [0.1, 0.15) is 37.0 Å². The molecule has 3 amide bonds. The molecule has 0 spiro atoms. The van der Waals surface area contributed by atoms with Gasteiger partial charge in [-0.2, -0.15) is 0 Å². The van der Waals surface area contributed by atoms with Crippen molar-refractivity contribution in [1.82, 2.24) is 5.32 Å². The second-order valence-electron chi connectivity index (χ2n) is 7.76.